The van der Waals surface area contributed by atoms with Crippen LogP contribution in [0.5, 0.6) is 5.75 Å². The molecule has 0 radical (unpaired) electrons. The van der Waals surface area contributed by atoms with Crippen LogP contribution in [-0.4, -0.2) is 42.9 Å². The fourth-order valence-corrected chi connectivity index (χ4v) is 2.01. The van der Waals surface area contributed by atoms with Crippen molar-refractivity contribution in [3.63, 3.8) is 0 Å². The Bertz CT molecular complexity index is 474. The summed E-state index contributed by atoms with van der Waals surface area (Å²) >= 11 is 0. The Hall–Kier alpha value is -1.02. The number of halogens is 1. The van der Waals surface area contributed by atoms with Gasteiger partial charge in [0.2, 0.25) is 0 Å². The minimum absolute atomic E-state index is 0. The Morgan fingerprint density at radius 2 is 1.75 bits per heavy atom. The molecule has 24 heavy (non-hydrogen) atoms. The molecule has 0 saturated carbocycles. The summed E-state index contributed by atoms with van der Waals surface area (Å²) in [5.41, 5.74) is 0.497. The third-order valence-corrected chi connectivity index (χ3v) is 3.88. The minimum Gasteiger partial charge on any atom is -0.492 e. The summed E-state index contributed by atoms with van der Waals surface area (Å²) in [6.07, 6.45) is 1.39. The number of benzene rings is 1. The molecule has 0 aliphatic carbocycles. The number of hydrogen-bond acceptors (Lipinski definition) is 3. The molecule has 6 heteroatoms. The lowest BCUT2D eigenvalue weighted by Crippen LogP contribution is -2.41. The molecule has 0 saturated heterocycles. The molecule has 138 valence electrons. The van der Waals surface area contributed by atoms with E-state index in [2.05, 4.69) is 22.5 Å². The number of rotatable bonds is 9. The number of ether oxygens (including phenoxy) is 1. The highest BCUT2D eigenvalue weighted by Crippen LogP contribution is 2.14. The van der Waals surface area contributed by atoms with Crippen molar-refractivity contribution >= 4 is 29.9 Å². The summed E-state index contributed by atoms with van der Waals surface area (Å²) in [6, 6.07) is 8.00. The topological polar surface area (TPSA) is 65.9 Å². The molecule has 0 fully saturated rings. The summed E-state index contributed by atoms with van der Waals surface area (Å²) in [5, 5.41) is 16.7. The van der Waals surface area contributed by atoms with Crippen LogP contribution in [0.3, 0.4) is 0 Å². The lowest BCUT2D eigenvalue weighted by Gasteiger charge is -2.23. The van der Waals surface area contributed by atoms with Gasteiger partial charge in [0, 0.05) is 6.54 Å². The van der Waals surface area contributed by atoms with Crippen LogP contribution in [0.1, 0.15) is 39.2 Å². The minimum atomic E-state index is -0.721. The average molecular weight is 449 g/mol. The second kappa shape index (κ2) is 12.4. The Kier molecular flexibility index (Phi) is 11.8. The molecule has 0 atom stereocenters. The van der Waals surface area contributed by atoms with E-state index in [1.165, 1.54) is 5.56 Å². The number of aryl methyl sites for hydroxylation is 1. The van der Waals surface area contributed by atoms with Gasteiger partial charge in [-0.05, 0) is 38.8 Å². The van der Waals surface area contributed by atoms with Crippen molar-refractivity contribution in [3.8, 4) is 5.75 Å². The first-order chi connectivity index (χ1) is 11.0. The van der Waals surface area contributed by atoms with Gasteiger partial charge in [0.1, 0.15) is 12.4 Å². The third-order valence-electron chi connectivity index (χ3n) is 3.88. The van der Waals surface area contributed by atoms with Gasteiger partial charge in [-0.25, -0.2) is 0 Å². The van der Waals surface area contributed by atoms with Gasteiger partial charge in [-0.1, -0.05) is 31.5 Å². The van der Waals surface area contributed by atoms with E-state index in [-0.39, 0.29) is 24.0 Å². The van der Waals surface area contributed by atoms with E-state index in [9.17, 15) is 5.11 Å². The Morgan fingerprint density at radius 1 is 1.12 bits per heavy atom. The molecule has 0 spiro atoms. The van der Waals surface area contributed by atoms with Crippen LogP contribution in [0.15, 0.2) is 29.3 Å². The lowest BCUT2D eigenvalue weighted by atomic mass is 9.98. The molecule has 0 bridgehead atoms. The molecule has 3 N–H and O–H groups in total. The molecule has 0 aromatic heterocycles. The van der Waals surface area contributed by atoms with Gasteiger partial charge in [0.05, 0.1) is 18.7 Å². The smallest absolute Gasteiger partial charge is 0.191 e. The van der Waals surface area contributed by atoms with E-state index in [1.807, 2.05) is 45.0 Å². The van der Waals surface area contributed by atoms with Crippen LogP contribution in [0.25, 0.3) is 0 Å². The van der Waals surface area contributed by atoms with Gasteiger partial charge < -0.3 is 20.5 Å². The highest BCUT2D eigenvalue weighted by molar-refractivity contribution is 14.0. The molecule has 0 aliphatic heterocycles. The van der Waals surface area contributed by atoms with E-state index in [1.54, 1.807) is 0 Å². The first-order valence-corrected chi connectivity index (χ1v) is 8.47. The van der Waals surface area contributed by atoms with Gasteiger partial charge in [-0.2, -0.15) is 0 Å². The maximum Gasteiger partial charge on any atom is 0.191 e. The summed E-state index contributed by atoms with van der Waals surface area (Å²) in [6.45, 7) is 10.4. The zero-order chi connectivity index (χ0) is 17.1. The molecule has 5 nitrogen and oxygen atoms in total. The summed E-state index contributed by atoms with van der Waals surface area (Å²) in [5.74, 6) is 1.58. The van der Waals surface area contributed by atoms with Gasteiger partial charge in [0.25, 0.3) is 0 Å². The number of aliphatic hydroxyl groups is 1. The summed E-state index contributed by atoms with van der Waals surface area (Å²) < 4.78 is 5.68. The molecule has 1 rings (SSSR count). The number of aliphatic imine (C=N–C) groups is 1. The number of hydrogen-bond donors (Lipinski definition) is 3. The molecule has 0 amide bonds. The Balaban J connectivity index is 0.00000529. The van der Waals surface area contributed by atoms with E-state index in [0.29, 0.717) is 38.5 Å². The normalized spacial score (nSPS) is 11.6. The van der Waals surface area contributed by atoms with Crippen molar-refractivity contribution in [1.29, 1.82) is 0 Å². The lowest BCUT2D eigenvalue weighted by molar-refractivity contribution is 0.0418. The largest absolute Gasteiger partial charge is 0.492 e. The second-order valence-corrected chi connectivity index (χ2v) is 5.71. The first-order valence-electron chi connectivity index (χ1n) is 8.47. The third kappa shape index (κ3) is 8.73. The molecule has 0 heterocycles. The van der Waals surface area contributed by atoms with Crippen LogP contribution >= 0.6 is 24.0 Å². The zero-order valence-electron chi connectivity index (χ0n) is 15.3. The van der Waals surface area contributed by atoms with Crippen molar-refractivity contribution in [2.45, 2.75) is 46.1 Å². The Morgan fingerprint density at radius 3 is 2.29 bits per heavy atom. The summed E-state index contributed by atoms with van der Waals surface area (Å²) in [7, 11) is 0. The van der Waals surface area contributed by atoms with Crippen LogP contribution < -0.4 is 15.4 Å². The average Bonchev–Trinajstić information content (AvgIpc) is 2.57. The second-order valence-electron chi connectivity index (χ2n) is 5.71. The maximum atomic E-state index is 10.3. The Labute approximate surface area is 163 Å². The monoisotopic (exact) mass is 449 g/mol. The molecule has 0 aliphatic rings. The first kappa shape index (κ1) is 23.0. The highest BCUT2D eigenvalue weighted by Gasteiger charge is 2.21. The van der Waals surface area contributed by atoms with Crippen molar-refractivity contribution in [2.24, 2.45) is 4.99 Å². The summed E-state index contributed by atoms with van der Waals surface area (Å²) in [4.78, 5) is 4.47. The van der Waals surface area contributed by atoms with Crippen molar-refractivity contribution in [2.75, 3.05) is 26.2 Å². The fourth-order valence-electron chi connectivity index (χ4n) is 2.01. The number of nitrogens with zero attached hydrogens (tertiary/aromatic N) is 1. The molecular formula is C18H32IN3O2. The van der Waals surface area contributed by atoms with E-state index in [4.69, 9.17) is 4.74 Å². The molecule has 1 aromatic rings. The van der Waals surface area contributed by atoms with Gasteiger partial charge >= 0.3 is 0 Å². The van der Waals surface area contributed by atoms with Gasteiger partial charge in [0.15, 0.2) is 5.96 Å². The molecular weight excluding hydrogens is 417 g/mol. The van der Waals surface area contributed by atoms with E-state index in [0.717, 1.165) is 12.3 Å². The number of nitrogens with one attached hydrogen (secondary N) is 2. The van der Waals surface area contributed by atoms with Crippen molar-refractivity contribution in [1.82, 2.24) is 10.6 Å². The van der Waals surface area contributed by atoms with Gasteiger partial charge in [-0.15, -0.1) is 24.0 Å². The van der Waals surface area contributed by atoms with Crippen LogP contribution in [0, 0.1) is 6.92 Å². The van der Waals surface area contributed by atoms with Crippen LogP contribution in [-0.2, 0) is 0 Å². The van der Waals surface area contributed by atoms with Crippen LogP contribution in [0.2, 0.25) is 0 Å². The zero-order valence-corrected chi connectivity index (χ0v) is 17.6. The SMILES string of the molecule is CCNC(=NCC(O)(CC)CC)NCCOc1ccc(C)cc1.I. The fraction of sp³-hybridized carbons (Fsp3) is 0.611. The highest BCUT2D eigenvalue weighted by atomic mass is 127. The van der Waals surface area contributed by atoms with E-state index >= 15 is 0 Å². The molecule has 0 unspecified atom stereocenters. The number of guanidine groups is 1. The maximum absolute atomic E-state index is 10.3. The van der Waals surface area contributed by atoms with E-state index < -0.39 is 5.60 Å². The predicted molar refractivity (Wildman–Crippen MR) is 112 cm³/mol. The standard InChI is InChI=1S/C18H31N3O2.HI/c1-5-18(22,6-2)14-21-17(19-7-3)20-12-13-23-16-10-8-15(4)9-11-16;/h8-11,22H,5-7,12-14H2,1-4H3,(H2,19,20,21);1H. The van der Waals surface area contributed by atoms with Gasteiger partial charge in [-0.3, -0.25) is 4.99 Å². The van der Waals surface area contributed by atoms with Crippen molar-refractivity contribution in [3.05, 3.63) is 29.8 Å². The predicted octanol–water partition coefficient (Wildman–Crippen LogP) is 3.10. The van der Waals surface area contributed by atoms with Crippen molar-refractivity contribution < 1.29 is 9.84 Å². The molecule has 1 aromatic carbocycles. The van der Waals surface area contributed by atoms with Crippen LogP contribution in [0.4, 0.5) is 0 Å². The quantitative estimate of drug-likeness (QED) is 0.235.